The average Bonchev–Trinajstić information content (AvgIpc) is 4.01. The second-order valence-electron chi connectivity index (χ2n) is 18.6. The van der Waals surface area contributed by atoms with Crippen molar-refractivity contribution < 1.29 is 0 Å². The van der Waals surface area contributed by atoms with E-state index < -0.39 is 10.8 Å². The Balaban J connectivity index is 1.05. The first kappa shape index (κ1) is 38.1. The van der Waals surface area contributed by atoms with Gasteiger partial charge in [-0.05, 0) is 114 Å². The highest BCUT2D eigenvalue weighted by Gasteiger charge is 2.56. The highest BCUT2D eigenvalue weighted by atomic mass is 15.2. The van der Waals surface area contributed by atoms with Crippen molar-refractivity contribution >= 4 is 17.1 Å². The van der Waals surface area contributed by atoms with E-state index in [1.165, 1.54) is 89.3 Å². The molecule has 0 saturated heterocycles. The molecule has 1 aromatic heterocycles. The highest BCUT2D eigenvalue weighted by molar-refractivity contribution is 6.01. The van der Waals surface area contributed by atoms with Gasteiger partial charge in [-0.25, -0.2) is 15.0 Å². The minimum atomic E-state index is -0.654. The van der Waals surface area contributed by atoms with Crippen molar-refractivity contribution in [3.05, 3.63) is 287 Å². The summed E-state index contributed by atoms with van der Waals surface area (Å²) in [5.74, 6) is 1.93. The van der Waals surface area contributed by atoms with Gasteiger partial charge in [0.25, 0.3) is 0 Å². The van der Waals surface area contributed by atoms with Crippen LogP contribution in [0.15, 0.2) is 243 Å². The third-order valence-corrected chi connectivity index (χ3v) is 15.3. The van der Waals surface area contributed by atoms with E-state index in [4.69, 9.17) is 15.0 Å². The van der Waals surface area contributed by atoms with Crippen LogP contribution in [0.1, 0.15) is 44.5 Å². The van der Waals surface area contributed by atoms with Crippen LogP contribution in [0.3, 0.4) is 0 Å². The summed E-state index contributed by atoms with van der Waals surface area (Å²) in [7, 11) is 0. The molecule has 0 saturated carbocycles. The predicted octanol–water partition coefficient (Wildman–Crippen LogP) is 15.4. The highest BCUT2D eigenvalue weighted by Crippen LogP contribution is 2.68. The Morgan fingerprint density at radius 1 is 0.246 bits per heavy atom. The fraction of sp³-hybridized carbons (Fsp3) is 0.0308. The first-order valence-corrected chi connectivity index (χ1v) is 23.8. The van der Waals surface area contributed by atoms with Crippen molar-refractivity contribution in [2.45, 2.75) is 10.8 Å². The molecule has 0 N–H and O–H groups in total. The molecule has 0 bridgehead atoms. The van der Waals surface area contributed by atoms with Gasteiger partial charge in [0.1, 0.15) is 0 Å². The maximum absolute atomic E-state index is 5.25. The number of aromatic nitrogens is 3. The van der Waals surface area contributed by atoms with Crippen molar-refractivity contribution in [1.82, 2.24) is 15.0 Å². The number of nitrogens with zero attached hydrogens (tertiary/aromatic N) is 4. The monoisotopic (exact) mass is 876 g/mol. The maximum atomic E-state index is 5.25. The minimum Gasteiger partial charge on any atom is -0.310 e. The molecule has 0 radical (unpaired) electrons. The lowest BCUT2D eigenvalue weighted by Crippen LogP contribution is -2.36. The third-order valence-electron chi connectivity index (χ3n) is 15.3. The summed E-state index contributed by atoms with van der Waals surface area (Å²) in [6.07, 6.45) is 0. The quantitative estimate of drug-likeness (QED) is 0.177. The van der Waals surface area contributed by atoms with Crippen molar-refractivity contribution in [2.75, 3.05) is 4.90 Å². The molecule has 11 aromatic rings. The number of rotatable bonds is 4. The molecule has 15 rings (SSSR count). The van der Waals surface area contributed by atoms with Gasteiger partial charge in [-0.1, -0.05) is 206 Å². The SMILES string of the molecule is c1ccc(-c2nc(-c3ccccc3)nc(-c3ccc4c(c3)C3(c5ccccc5-4)c4ccccc4-c4cc5c(cc43)N(c3ccccc3)c3ccccc3C53c4ccccc4-c4ccccc43)n2)cc1. The molecule has 320 valence electrons. The molecular formula is C65H40N4. The van der Waals surface area contributed by atoms with E-state index in [0.29, 0.717) is 17.5 Å². The molecule has 1 aliphatic heterocycles. The molecule has 69 heavy (non-hydrogen) atoms. The zero-order chi connectivity index (χ0) is 45.3. The van der Waals surface area contributed by atoms with Crippen molar-refractivity contribution in [1.29, 1.82) is 0 Å². The number of anilines is 3. The molecule has 4 heteroatoms. The number of fused-ring (bicyclic) bond motifs is 19. The van der Waals surface area contributed by atoms with E-state index in [1.807, 2.05) is 36.4 Å². The van der Waals surface area contributed by atoms with Crippen LogP contribution in [-0.2, 0) is 10.8 Å². The van der Waals surface area contributed by atoms with Gasteiger partial charge in [0, 0.05) is 22.4 Å². The van der Waals surface area contributed by atoms with E-state index in [0.717, 1.165) is 22.4 Å². The van der Waals surface area contributed by atoms with Gasteiger partial charge >= 0.3 is 0 Å². The molecule has 0 amide bonds. The van der Waals surface area contributed by atoms with Crippen molar-refractivity contribution in [3.8, 4) is 67.5 Å². The van der Waals surface area contributed by atoms with Gasteiger partial charge in [-0.15, -0.1) is 0 Å². The van der Waals surface area contributed by atoms with Crippen LogP contribution in [0.25, 0.3) is 67.5 Å². The van der Waals surface area contributed by atoms with Crippen molar-refractivity contribution in [3.63, 3.8) is 0 Å². The van der Waals surface area contributed by atoms with Crippen molar-refractivity contribution in [2.24, 2.45) is 0 Å². The lowest BCUT2D eigenvalue weighted by molar-refractivity contribution is 0.747. The lowest BCUT2D eigenvalue weighted by Gasteiger charge is -2.45. The van der Waals surface area contributed by atoms with Crippen LogP contribution in [-0.4, -0.2) is 15.0 Å². The van der Waals surface area contributed by atoms with Crippen LogP contribution in [0.2, 0.25) is 0 Å². The summed E-state index contributed by atoms with van der Waals surface area (Å²) in [6.45, 7) is 0. The van der Waals surface area contributed by atoms with Gasteiger partial charge < -0.3 is 4.90 Å². The van der Waals surface area contributed by atoms with Crippen LogP contribution in [0.4, 0.5) is 17.1 Å². The standard InChI is InChI=1S/C65H40N4/c1-4-20-41(21-5-1)61-66-62(42-22-6-2-7-23-42)68-63(67-61)43-36-37-49-47-28-12-16-32-53(47)65(56(49)38-43)54-33-17-13-29-48(54)50-39-58-60(40-57(50)65)69(44-24-8-3-9-25-44)59-35-19-18-34-55(59)64(58)51-30-14-10-26-45(51)46-27-11-15-31-52(46)64/h1-40H. The molecular weight excluding hydrogens is 837 g/mol. The first-order valence-electron chi connectivity index (χ1n) is 23.8. The zero-order valence-corrected chi connectivity index (χ0v) is 37.4. The van der Waals surface area contributed by atoms with E-state index >= 15 is 0 Å². The molecule has 10 aromatic carbocycles. The molecule has 2 spiro atoms. The summed E-state index contributed by atoms with van der Waals surface area (Å²) in [6, 6.07) is 89.0. The maximum Gasteiger partial charge on any atom is 0.164 e. The molecule has 1 unspecified atom stereocenters. The predicted molar refractivity (Wildman–Crippen MR) is 278 cm³/mol. The number of hydrogen-bond donors (Lipinski definition) is 0. The van der Waals surface area contributed by atoms with Gasteiger partial charge in [0.05, 0.1) is 22.2 Å². The van der Waals surface area contributed by atoms with Gasteiger partial charge in [0.15, 0.2) is 17.5 Å². The lowest BCUT2D eigenvalue weighted by atomic mass is 9.63. The second-order valence-corrected chi connectivity index (χ2v) is 18.6. The molecule has 4 aliphatic rings. The smallest absolute Gasteiger partial charge is 0.164 e. The minimum absolute atomic E-state index is 0.575. The Kier molecular flexibility index (Phi) is 7.88. The average molecular weight is 877 g/mol. The summed E-state index contributed by atoms with van der Waals surface area (Å²) < 4.78 is 0. The number of benzene rings is 10. The summed E-state index contributed by atoms with van der Waals surface area (Å²) in [5.41, 5.74) is 22.9. The summed E-state index contributed by atoms with van der Waals surface area (Å²) >= 11 is 0. The molecule has 2 heterocycles. The van der Waals surface area contributed by atoms with Crippen LogP contribution in [0.5, 0.6) is 0 Å². The molecule has 0 fully saturated rings. The topological polar surface area (TPSA) is 41.9 Å². The Bertz CT molecular complexity index is 3810. The molecule has 3 aliphatic carbocycles. The third kappa shape index (κ3) is 5.04. The Morgan fingerprint density at radius 2 is 0.638 bits per heavy atom. The number of para-hydroxylation sites is 2. The molecule has 1 atom stereocenters. The largest absolute Gasteiger partial charge is 0.310 e. The van der Waals surface area contributed by atoms with Gasteiger partial charge in [-0.3, -0.25) is 0 Å². The molecule has 4 nitrogen and oxygen atoms in total. The van der Waals surface area contributed by atoms with Gasteiger partial charge in [0.2, 0.25) is 0 Å². The first-order chi connectivity index (χ1) is 34.2. The van der Waals surface area contributed by atoms with Crippen LogP contribution < -0.4 is 4.90 Å². The zero-order valence-electron chi connectivity index (χ0n) is 37.4. The van der Waals surface area contributed by atoms with Gasteiger partial charge in [-0.2, -0.15) is 0 Å². The van der Waals surface area contributed by atoms with E-state index in [1.54, 1.807) is 0 Å². The van der Waals surface area contributed by atoms with E-state index in [9.17, 15) is 0 Å². The van der Waals surface area contributed by atoms with Crippen LogP contribution >= 0.6 is 0 Å². The summed E-state index contributed by atoms with van der Waals surface area (Å²) in [5, 5.41) is 0. The van der Waals surface area contributed by atoms with E-state index in [-0.39, 0.29) is 0 Å². The second kappa shape index (κ2) is 14.3. The Hall–Kier alpha value is -8.99. The Labute approximate surface area is 400 Å². The Morgan fingerprint density at radius 3 is 1.17 bits per heavy atom. The fourth-order valence-electron chi connectivity index (χ4n) is 12.7. The van der Waals surface area contributed by atoms with Crippen LogP contribution in [0, 0.1) is 0 Å². The number of hydrogen-bond acceptors (Lipinski definition) is 4. The fourth-order valence-corrected chi connectivity index (χ4v) is 12.7. The normalized spacial score (nSPS) is 15.7. The summed E-state index contributed by atoms with van der Waals surface area (Å²) in [4.78, 5) is 18.1. The van der Waals surface area contributed by atoms with E-state index in [2.05, 4.69) is 211 Å².